The lowest BCUT2D eigenvalue weighted by atomic mass is 10.2. The standard InChI is InChI=1S/C23H22ClFN2O3S/c1-26(16-19-9-5-6-10-22(19)25)23(28)17-27(15-18-7-3-2-4-8-18)31(29,30)21-13-11-20(24)12-14-21/h2-14H,15-17H2,1H3. The Morgan fingerprint density at radius 2 is 1.52 bits per heavy atom. The first-order valence-electron chi connectivity index (χ1n) is 9.54. The zero-order valence-corrected chi connectivity index (χ0v) is 18.5. The van der Waals surface area contributed by atoms with Crippen molar-refractivity contribution in [2.24, 2.45) is 0 Å². The fourth-order valence-electron chi connectivity index (χ4n) is 3.01. The van der Waals surface area contributed by atoms with Crippen LogP contribution in [0, 0.1) is 5.82 Å². The number of hydrogen-bond donors (Lipinski definition) is 0. The second-order valence-corrected chi connectivity index (χ2v) is 9.43. The third-order valence-electron chi connectivity index (χ3n) is 4.76. The number of halogens is 2. The van der Waals surface area contributed by atoms with Crippen molar-refractivity contribution in [3.05, 3.63) is 101 Å². The van der Waals surface area contributed by atoms with Gasteiger partial charge in [-0.1, -0.05) is 60.1 Å². The van der Waals surface area contributed by atoms with Gasteiger partial charge in [0.1, 0.15) is 5.82 Å². The molecule has 0 unspecified atom stereocenters. The molecular weight excluding hydrogens is 439 g/mol. The normalized spacial score (nSPS) is 11.5. The summed E-state index contributed by atoms with van der Waals surface area (Å²) < 4.78 is 41.6. The van der Waals surface area contributed by atoms with Crippen LogP contribution in [-0.2, 0) is 27.9 Å². The van der Waals surface area contributed by atoms with E-state index in [4.69, 9.17) is 11.6 Å². The number of likely N-dealkylation sites (N-methyl/N-ethyl adjacent to an activating group) is 1. The monoisotopic (exact) mass is 460 g/mol. The van der Waals surface area contributed by atoms with E-state index < -0.39 is 21.7 Å². The molecule has 3 aromatic carbocycles. The molecule has 0 saturated carbocycles. The van der Waals surface area contributed by atoms with Gasteiger partial charge >= 0.3 is 0 Å². The highest BCUT2D eigenvalue weighted by Gasteiger charge is 2.28. The minimum Gasteiger partial charge on any atom is -0.340 e. The summed E-state index contributed by atoms with van der Waals surface area (Å²) in [6.45, 7) is -0.332. The van der Waals surface area contributed by atoms with Gasteiger partial charge in [0.2, 0.25) is 15.9 Å². The van der Waals surface area contributed by atoms with Gasteiger partial charge in [-0.2, -0.15) is 4.31 Å². The number of sulfonamides is 1. The molecule has 31 heavy (non-hydrogen) atoms. The summed E-state index contributed by atoms with van der Waals surface area (Å²) in [7, 11) is -2.45. The summed E-state index contributed by atoms with van der Waals surface area (Å²) in [5.41, 5.74) is 1.10. The Kier molecular flexibility index (Phi) is 7.43. The van der Waals surface area contributed by atoms with Gasteiger partial charge in [-0.3, -0.25) is 4.79 Å². The van der Waals surface area contributed by atoms with Gasteiger partial charge in [0.15, 0.2) is 0 Å². The molecule has 0 aliphatic carbocycles. The first kappa shape index (κ1) is 22.9. The second kappa shape index (κ2) is 10.0. The van der Waals surface area contributed by atoms with Crippen LogP contribution in [-0.4, -0.2) is 37.1 Å². The van der Waals surface area contributed by atoms with Crippen molar-refractivity contribution in [3.8, 4) is 0 Å². The van der Waals surface area contributed by atoms with Gasteiger partial charge in [0.05, 0.1) is 11.4 Å². The largest absolute Gasteiger partial charge is 0.340 e. The minimum absolute atomic E-state index is 0.0189. The molecule has 162 valence electrons. The third kappa shape index (κ3) is 5.91. The molecule has 5 nitrogen and oxygen atoms in total. The Hall–Kier alpha value is -2.74. The molecule has 0 bridgehead atoms. The van der Waals surface area contributed by atoms with Gasteiger partial charge in [-0.25, -0.2) is 12.8 Å². The molecule has 0 aliphatic heterocycles. The van der Waals surface area contributed by atoms with Crippen molar-refractivity contribution >= 4 is 27.5 Å². The highest BCUT2D eigenvalue weighted by atomic mass is 35.5. The summed E-state index contributed by atoms with van der Waals surface area (Å²) in [5, 5.41) is 0.411. The maximum absolute atomic E-state index is 14.0. The van der Waals surface area contributed by atoms with Crippen molar-refractivity contribution in [1.29, 1.82) is 0 Å². The minimum atomic E-state index is -3.97. The molecule has 3 aromatic rings. The van der Waals surface area contributed by atoms with E-state index in [1.54, 1.807) is 42.5 Å². The zero-order chi connectivity index (χ0) is 22.4. The first-order chi connectivity index (χ1) is 14.8. The Labute approximate surface area is 186 Å². The summed E-state index contributed by atoms with van der Waals surface area (Å²) in [4.78, 5) is 14.2. The average molecular weight is 461 g/mol. The van der Waals surface area contributed by atoms with Crippen LogP contribution in [0.3, 0.4) is 0 Å². The van der Waals surface area contributed by atoms with Crippen LogP contribution in [0.2, 0.25) is 5.02 Å². The molecule has 3 rings (SSSR count). The lowest BCUT2D eigenvalue weighted by molar-refractivity contribution is -0.130. The number of nitrogens with zero attached hydrogens (tertiary/aromatic N) is 2. The van der Waals surface area contributed by atoms with Crippen LogP contribution < -0.4 is 0 Å². The van der Waals surface area contributed by atoms with Gasteiger partial charge in [0.25, 0.3) is 0 Å². The van der Waals surface area contributed by atoms with Crippen molar-refractivity contribution < 1.29 is 17.6 Å². The maximum atomic E-state index is 14.0. The van der Waals surface area contributed by atoms with Crippen LogP contribution in [0.5, 0.6) is 0 Å². The first-order valence-corrected chi connectivity index (χ1v) is 11.4. The van der Waals surface area contributed by atoms with E-state index in [0.29, 0.717) is 10.6 Å². The number of hydrogen-bond acceptors (Lipinski definition) is 3. The molecule has 8 heteroatoms. The summed E-state index contributed by atoms with van der Waals surface area (Å²) in [6, 6.07) is 21.0. The fourth-order valence-corrected chi connectivity index (χ4v) is 4.51. The molecule has 0 atom stereocenters. The summed E-state index contributed by atoms with van der Waals surface area (Å²) in [6.07, 6.45) is 0. The van der Waals surface area contributed by atoms with Crippen LogP contribution in [0.15, 0.2) is 83.8 Å². The van der Waals surface area contributed by atoms with E-state index in [2.05, 4.69) is 0 Å². The molecular formula is C23H22ClFN2O3S. The SMILES string of the molecule is CN(Cc1ccccc1F)C(=O)CN(Cc1ccccc1)S(=O)(=O)c1ccc(Cl)cc1. The highest BCUT2D eigenvalue weighted by molar-refractivity contribution is 7.89. The lowest BCUT2D eigenvalue weighted by Crippen LogP contribution is -2.41. The summed E-state index contributed by atoms with van der Waals surface area (Å²) >= 11 is 5.89. The molecule has 0 heterocycles. The molecule has 0 fully saturated rings. The number of carbonyl (C=O) groups is 1. The van der Waals surface area contributed by atoms with E-state index >= 15 is 0 Å². The number of rotatable bonds is 8. The van der Waals surface area contributed by atoms with E-state index in [1.807, 2.05) is 6.07 Å². The predicted molar refractivity (Wildman–Crippen MR) is 118 cm³/mol. The second-order valence-electron chi connectivity index (χ2n) is 7.05. The number of carbonyl (C=O) groups excluding carboxylic acids is 1. The van der Waals surface area contributed by atoms with Gasteiger partial charge in [-0.15, -0.1) is 0 Å². The third-order valence-corrected chi connectivity index (χ3v) is 6.81. The van der Waals surface area contributed by atoms with Crippen molar-refractivity contribution in [1.82, 2.24) is 9.21 Å². The number of benzene rings is 3. The van der Waals surface area contributed by atoms with Gasteiger partial charge < -0.3 is 4.90 Å². The molecule has 0 spiro atoms. The van der Waals surface area contributed by atoms with Gasteiger partial charge in [0, 0.05) is 30.7 Å². The van der Waals surface area contributed by atoms with Crippen LogP contribution >= 0.6 is 11.6 Å². The molecule has 0 saturated heterocycles. The van der Waals surface area contributed by atoms with E-state index in [1.165, 1.54) is 42.3 Å². The zero-order valence-electron chi connectivity index (χ0n) is 16.9. The Morgan fingerprint density at radius 1 is 0.903 bits per heavy atom. The predicted octanol–water partition coefficient (Wildman–Crippen LogP) is 4.33. The van der Waals surface area contributed by atoms with Crippen molar-refractivity contribution in [2.75, 3.05) is 13.6 Å². The topological polar surface area (TPSA) is 57.7 Å². The lowest BCUT2D eigenvalue weighted by Gasteiger charge is -2.25. The average Bonchev–Trinajstić information content (AvgIpc) is 2.76. The van der Waals surface area contributed by atoms with Crippen molar-refractivity contribution in [3.63, 3.8) is 0 Å². The van der Waals surface area contributed by atoms with E-state index in [-0.39, 0.29) is 24.5 Å². The van der Waals surface area contributed by atoms with Crippen molar-refractivity contribution in [2.45, 2.75) is 18.0 Å². The highest BCUT2D eigenvalue weighted by Crippen LogP contribution is 2.21. The fraction of sp³-hybridized carbons (Fsp3) is 0.174. The van der Waals surface area contributed by atoms with E-state index in [0.717, 1.165) is 9.87 Å². The number of amides is 1. The Balaban J connectivity index is 1.84. The molecule has 0 aliphatic rings. The molecule has 0 radical (unpaired) electrons. The maximum Gasteiger partial charge on any atom is 0.243 e. The quantitative estimate of drug-likeness (QED) is 0.502. The molecule has 1 amide bonds. The van der Waals surface area contributed by atoms with Gasteiger partial charge in [-0.05, 0) is 35.9 Å². The summed E-state index contributed by atoms with van der Waals surface area (Å²) in [5.74, 6) is -0.867. The molecule has 0 aromatic heterocycles. The smallest absolute Gasteiger partial charge is 0.243 e. The Bertz CT molecular complexity index is 1140. The van der Waals surface area contributed by atoms with Crippen LogP contribution in [0.4, 0.5) is 4.39 Å². The van der Waals surface area contributed by atoms with Crippen LogP contribution in [0.25, 0.3) is 0 Å². The Morgan fingerprint density at radius 3 is 2.16 bits per heavy atom. The van der Waals surface area contributed by atoms with E-state index in [9.17, 15) is 17.6 Å². The molecule has 0 N–H and O–H groups in total. The van der Waals surface area contributed by atoms with Crippen LogP contribution in [0.1, 0.15) is 11.1 Å².